The van der Waals surface area contributed by atoms with Gasteiger partial charge in [-0.1, -0.05) is 0 Å². The second-order valence-corrected chi connectivity index (χ2v) is 7.03. The fourth-order valence-electron chi connectivity index (χ4n) is 3.39. The van der Waals surface area contributed by atoms with Crippen molar-refractivity contribution in [2.75, 3.05) is 35.4 Å². The molecule has 0 amide bonds. The monoisotopic (exact) mass is 399 g/mol. The first-order valence-corrected chi connectivity index (χ1v) is 9.05. The lowest BCUT2D eigenvalue weighted by Crippen LogP contribution is -2.12. The Morgan fingerprint density at radius 2 is 1.69 bits per heavy atom. The van der Waals surface area contributed by atoms with Crippen molar-refractivity contribution < 1.29 is 28.8 Å². The van der Waals surface area contributed by atoms with Gasteiger partial charge in [0, 0.05) is 6.54 Å². The maximum Gasteiger partial charge on any atom is 0.232 e. The van der Waals surface area contributed by atoms with E-state index >= 15 is 0 Å². The van der Waals surface area contributed by atoms with Crippen LogP contribution in [0.15, 0.2) is 24.0 Å². The van der Waals surface area contributed by atoms with Gasteiger partial charge in [-0.25, -0.2) is 0 Å². The smallest absolute Gasteiger partial charge is 0.232 e. The zero-order valence-electron chi connectivity index (χ0n) is 17.5. The lowest BCUT2D eigenvalue weighted by Gasteiger charge is -2.15. The summed E-state index contributed by atoms with van der Waals surface area (Å²) in [6.07, 6.45) is 1.63. The third-order valence-electron chi connectivity index (χ3n) is 4.68. The molecule has 7 heteroatoms. The van der Waals surface area contributed by atoms with Gasteiger partial charge in [-0.15, -0.1) is 0 Å². The zero-order valence-corrected chi connectivity index (χ0v) is 17.5. The van der Waals surface area contributed by atoms with Crippen LogP contribution in [-0.2, 0) is 6.54 Å². The Labute approximate surface area is 170 Å². The minimum Gasteiger partial charge on any atom is -0.507 e. The third-order valence-corrected chi connectivity index (χ3v) is 4.68. The van der Waals surface area contributed by atoms with Gasteiger partial charge in [0.1, 0.15) is 11.5 Å². The highest BCUT2D eigenvalue weighted by Crippen LogP contribution is 2.43. The Balaban J connectivity index is 2.09. The van der Waals surface area contributed by atoms with Gasteiger partial charge in [-0.3, -0.25) is 4.79 Å². The van der Waals surface area contributed by atoms with E-state index < -0.39 is 0 Å². The highest BCUT2D eigenvalue weighted by atomic mass is 16.5. The van der Waals surface area contributed by atoms with Crippen LogP contribution in [0.25, 0.3) is 6.08 Å². The Morgan fingerprint density at radius 3 is 2.21 bits per heavy atom. The summed E-state index contributed by atoms with van der Waals surface area (Å²) in [5, 5.41) is 10.4. The maximum absolute atomic E-state index is 13.0. The number of aromatic hydroxyl groups is 1. The molecule has 0 atom stereocenters. The van der Waals surface area contributed by atoms with E-state index in [4.69, 9.17) is 18.9 Å². The quantitative estimate of drug-likeness (QED) is 0.746. The van der Waals surface area contributed by atoms with E-state index in [1.165, 1.54) is 21.3 Å². The highest BCUT2D eigenvalue weighted by Gasteiger charge is 2.33. The molecule has 0 aliphatic carbocycles. The van der Waals surface area contributed by atoms with Gasteiger partial charge in [0.2, 0.25) is 11.5 Å². The molecule has 1 heterocycles. The summed E-state index contributed by atoms with van der Waals surface area (Å²) in [7, 11) is 8.35. The number of nitrogens with zero attached hydrogens (tertiary/aromatic N) is 1. The fraction of sp³-hybridized carbons (Fsp3) is 0.318. The molecule has 0 fully saturated rings. The van der Waals surface area contributed by atoms with Crippen molar-refractivity contribution in [3.63, 3.8) is 0 Å². The first kappa shape index (κ1) is 20.5. The number of rotatable bonds is 6. The Morgan fingerprint density at radius 1 is 1.07 bits per heavy atom. The van der Waals surface area contributed by atoms with Crippen LogP contribution in [0.1, 0.15) is 27.0 Å². The summed E-state index contributed by atoms with van der Waals surface area (Å²) in [4.78, 5) is 14.9. The Kier molecular flexibility index (Phi) is 5.70. The number of phenolic OH excluding ortho intramolecular Hbond substituents is 1. The average Bonchev–Trinajstić information content (AvgIpc) is 3.00. The largest absolute Gasteiger partial charge is 0.507 e. The molecular weight excluding hydrogens is 374 g/mol. The van der Waals surface area contributed by atoms with E-state index in [0.29, 0.717) is 51.8 Å². The molecule has 1 aliphatic heterocycles. The number of allylic oxidation sites excluding steroid dienone is 1. The lowest BCUT2D eigenvalue weighted by molar-refractivity contribution is 0.101. The summed E-state index contributed by atoms with van der Waals surface area (Å²) in [6.45, 7) is 2.22. The molecular formula is C22H25NO6. The SMILES string of the molecule is COc1cc(/C=C2\Oc3c(CN(C)C)c(O)cc(C)c3C2=O)cc(OC)c1OC. The second kappa shape index (κ2) is 8.05. The molecule has 0 spiro atoms. The van der Waals surface area contributed by atoms with Crippen molar-refractivity contribution in [3.8, 4) is 28.7 Å². The van der Waals surface area contributed by atoms with Crippen molar-refractivity contribution in [2.45, 2.75) is 13.5 Å². The second-order valence-electron chi connectivity index (χ2n) is 7.03. The van der Waals surface area contributed by atoms with Gasteiger partial charge in [0.05, 0.1) is 32.5 Å². The molecule has 0 aromatic heterocycles. The third kappa shape index (κ3) is 3.73. The molecule has 7 nitrogen and oxygen atoms in total. The van der Waals surface area contributed by atoms with Crippen molar-refractivity contribution in [2.24, 2.45) is 0 Å². The predicted molar refractivity (Wildman–Crippen MR) is 109 cm³/mol. The van der Waals surface area contributed by atoms with Crippen LogP contribution < -0.4 is 18.9 Å². The summed E-state index contributed by atoms with van der Waals surface area (Å²) in [5.74, 6) is 1.87. The number of carbonyl (C=O) groups is 1. The van der Waals surface area contributed by atoms with Gasteiger partial charge in [0.15, 0.2) is 17.3 Å². The summed E-state index contributed by atoms with van der Waals surface area (Å²) < 4.78 is 22.0. The minimum atomic E-state index is -0.230. The molecule has 154 valence electrons. The number of methoxy groups -OCH3 is 3. The minimum absolute atomic E-state index is 0.108. The van der Waals surface area contributed by atoms with Gasteiger partial charge in [-0.2, -0.15) is 0 Å². The van der Waals surface area contributed by atoms with Gasteiger partial charge >= 0.3 is 0 Å². The molecule has 1 N–H and O–H groups in total. The Bertz CT molecular complexity index is 968. The van der Waals surface area contributed by atoms with Gasteiger partial charge in [-0.05, 0) is 56.4 Å². The number of ketones is 1. The molecule has 0 saturated carbocycles. The number of aryl methyl sites for hydroxylation is 1. The van der Waals surface area contributed by atoms with E-state index in [1.807, 2.05) is 19.0 Å². The standard InChI is InChI=1S/C22H25NO6/c1-12-7-15(24)14(11-23(2)3)21-19(12)20(25)16(29-21)8-13-9-17(26-4)22(28-6)18(10-13)27-5/h7-10,24H,11H2,1-6H3/b16-8-. The lowest BCUT2D eigenvalue weighted by atomic mass is 9.99. The van der Waals surface area contributed by atoms with Crippen LogP contribution in [-0.4, -0.2) is 51.2 Å². The average molecular weight is 399 g/mol. The molecule has 0 bridgehead atoms. The molecule has 1 aliphatic rings. The summed E-state index contributed by atoms with van der Waals surface area (Å²) in [6, 6.07) is 5.07. The first-order valence-electron chi connectivity index (χ1n) is 9.05. The molecule has 2 aromatic rings. The zero-order chi connectivity index (χ0) is 21.3. The normalized spacial score (nSPS) is 14.2. The number of fused-ring (bicyclic) bond motifs is 1. The van der Waals surface area contributed by atoms with Crippen LogP contribution in [0.5, 0.6) is 28.7 Å². The fourth-order valence-corrected chi connectivity index (χ4v) is 3.39. The number of phenols is 1. The number of ether oxygens (including phenoxy) is 4. The number of benzene rings is 2. The molecule has 29 heavy (non-hydrogen) atoms. The Hall–Kier alpha value is -3.19. The molecule has 0 unspecified atom stereocenters. The topological polar surface area (TPSA) is 77.5 Å². The molecule has 2 aromatic carbocycles. The van der Waals surface area contributed by atoms with Gasteiger partial charge < -0.3 is 29.0 Å². The van der Waals surface area contributed by atoms with Crippen LogP contribution >= 0.6 is 0 Å². The van der Waals surface area contributed by atoms with Crippen molar-refractivity contribution >= 4 is 11.9 Å². The van der Waals surface area contributed by atoms with E-state index in [9.17, 15) is 9.90 Å². The van der Waals surface area contributed by atoms with E-state index in [2.05, 4.69) is 0 Å². The van der Waals surface area contributed by atoms with Crippen LogP contribution in [0, 0.1) is 6.92 Å². The van der Waals surface area contributed by atoms with Crippen LogP contribution in [0.2, 0.25) is 0 Å². The molecule has 3 rings (SSSR count). The maximum atomic E-state index is 13.0. The summed E-state index contributed by atoms with van der Waals surface area (Å²) >= 11 is 0. The van der Waals surface area contributed by atoms with E-state index in [-0.39, 0.29) is 17.3 Å². The number of hydrogen-bond donors (Lipinski definition) is 1. The highest BCUT2D eigenvalue weighted by molar-refractivity contribution is 6.15. The molecule has 0 saturated heterocycles. The summed E-state index contributed by atoms with van der Waals surface area (Å²) in [5.41, 5.74) is 2.38. The predicted octanol–water partition coefficient (Wildman–Crippen LogP) is 3.40. The number of carbonyl (C=O) groups excluding carboxylic acids is 1. The number of Topliss-reactive ketones (excluding diaryl/α,β-unsaturated/α-hetero) is 1. The first-order chi connectivity index (χ1) is 13.8. The number of hydrogen-bond acceptors (Lipinski definition) is 7. The molecule has 0 radical (unpaired) electrons. The van der Waals surface area contributed by atoms with Crippen molar-refractivity contribution in [1.82, 2.24) is 4.90 Å². The van der Waals surface area contributed by atoms with E-state index in [1.54, 1.807) is 31.2 Å². The van der Waals surface area contributed by atoms with E-state index in [0.717, 1.165) is 0 Å². The van der Waals surface area contributed by atoms with Crippen LogP contribution in [0.4, 0.5) is 0 Å². The van der Waals surface area contributed by atoms with Crippen LogP contribution in [0.3, 0.4) is 0 Å². The van der Waals surface area contributed by atoms with Crippen molar-refractivity contribution in [1.29, 1.82) is 0 Å². The van der Waals surface area contributed by atoms with Gasteiger partial charge in [0.25, 0.3) is 0 Å². The van der Waals surface area contributed by atoms with Crippen molar-refractivity contribution in [3.05, 3.63) is 46.2 Å².